The minimum Gasteiger partial charge on any atom is -0.368 e. The Kier molecular flexibility index (Phi) is 15.3. The highest BCUT2D eigenvalue weighted by Gasteiger charge is 2.44. The maximum atomic E-state index is 12.9. The van der Waals surface area contributed by atoms with E-state index in [-0.39, 0.29) is 22.7 Å². The molecule has 0 bridgehead atoms. The predicted molar refractivity (Wildman–Crippen MR) is 168 cm³/mol. The number of piperidine rings is 2. The van der Waals surface area contributed by atoms with Crippen molar-refractivity contribution in [3.63, 3.8) is 0 Å². The molecule has 41 heavy (non-hydrogen) atoms. The van der Waals surface area contributed by atoms with Crippen LogP contribution in [0.1, 0.15) is 89.9 Å². The molecule has 0 unspecified atom stereocenters. The number of primary amides is 1. The van der Waals surface area contributed by atoms with Crippen molar-refractivity contribution < 1.29 is 18.8 Å². The van der Waals surface area contributed by atoms with Gasteiger partial charge in [0.2, 0.25) is 5.91 Å². The fourth-order valence-corrected chi connectivity index (χ4v) is 6.33. The fraction of sp³-hybridized carbons (Fsp3) is 0.719. The number of hydrogen-bond acceptors (Lipinski definition) is 6. The van der Waals surface area contributed by atoms with E-state index >= 15 is 0 Å². The van der Waals surface area contributed by atoms with Crippen molar-refractivity contribution in [3.05, 3.63) is 35.6 Å². The molecule has 0 aliphatic carbocycles. The first-order valence-corrected chi connectivity index (χ1v) is 16.4. The van der Waals surface area contributed by atoms with Gasteiger partial charge in [-0.3, -0.25) is 19.3 Å². The maximum Gasteiger partial charge on any atom is 0.281 e. The van der Waals surface area contributed by atoms with Crippen LogP contribution < -0.4 is 5.73 Å². The second-order valence-electron chi connectivity index (χ2n) is 12.2. The molecule has 9 heteroatoms. The molecule has 2 heterocycles. The third kappa shape index (κ3) is 11.7. The molecule has 7 nitrogen and oxygen atoms in total. The van der Waals surface area contributed by atoms with Gasteiger partial charge < -0.3 is 15.5 Å². The van der Waals surface area contributed by atoms with Crippen LogP contribution in [0.2, 0.25) is 0 Å². The summed E-state index contributed by atoms with van der Waals surface area (Å²) in [7, 11) is 0. The number of carbonyl (C=O) groups excluding carboxylic acids is 3. The van der Waals surface area contributed by atoms with E-state index in [0.29, 0.717) is 23.8 Å². The number of hydrogen-bond donors (Lipinski definition) is 1. The van der Waals surface area contributed by atoms with Gasteiger partial charge in [0.05, 0.1) is 0 Å². The molecule has 1 aromatic carbocycles. The lowest BCUT2D eigenvalue weighted by molar-refractivity contribution is -0.134. The van der Waals surface area contributed by atoms with E-state index in [1.165, 1.54) is 30.3 Å². The minimum atomic E-state index is -0.485. The Labute approximate surface area is 251 Å². The van der Waals surface area contributed by atoms with Crippen LogP contribution in [0.25, 0.3) is 0 Å². The van der Waals surface area contributed by atoms with Crippen LogP contribution in [0.3, 0.4) is 0 Å². The number of benzene rings is 1. The molecule has 2 aliphatic heterocycles. The van der Waals surface area contributed by atoms with Gasteiger partial charge in [0.15, 0.2) is 5.78 Å². The summed E-state index contributed by atoms with van der Waals surface area (Å²) < 4.78 is 12.9. The summed E-state index contributed by atoms with van der Waals surface area (Å²) in [6, 6.07) is 5.72. The molecule has 0 spiro atoms. The van der Waals surface area contributed by atoms with E-state index in [0.717, 1.165) is 83.7 Å². The van der Waals surface area contributed by atoms with Gasteiger partial charge in [-0.1, -0.05) is 52.8 Å². The molecule has 0 atom stereocenters. The average Bonchev–Trinajstić information content (AvgIpc) is 2.94. The number of amides is 2. The molecule has 0 radical (unpaired) electrons. The fourth-order valence-electron chi connectivity index (χ4n) is 5.75. The molecule has 2 N–H and O–H groups in total. The normalized spacial score (nSPS) is 17.7. The number of carbonyl (C=O) groups is 3. The third-order valence-electron chi connectivity index (χ3n) is 7.84. The lowest BCUT2D eigenvalue weighted by atomic mass is 9.83. The number of ketones is 1. The van der Waals surface area contributed by atoms with E-state index in [2.05, 4.69) is 37.5 Å². The standard InChI is InChI=1S/C21H30FN3O2.C11H23NOS/c22-18-8-6-17(7-9-18)19(26)5-4-12-24-15-10-21(11-16-24,20(23)27)25-13-2-1-3-14-25;1-6-14-11(13)12(7-9(2)3)8-10(4)5/h6-9H,1-5,10-16H2,(H2,23,27);9-10H,6-8H2,1-5H3. The number of Topliss-reactive ketones (excluding diaryl/α,β-unsaturated/α-hetero) is 1. The van der Waals surface area contributed by atoms with E-state index in [4.69, 9.17) is 5.73 Å². The summed E-state index contributed by atoms with van der Waals surface area (Å²) in [5, 5.41) is 0.231. The van der Waals surface area contributed by atoms with Crippen LogP contribution in [0.5, 0.6) is 0 Å². The maximum absolute atomic E-state index is 12.9. The number of halogens is 1. The van der Waals surface area contributed by atoms with Crippen LogP contribution in [0.15, 0.2) is 24.3 Å². The van der Waals surface area contributed by atoms with Gasteiger partial charge >= 0.3 is 0 Å². The number of rotatable bonds is 12. The van der Waals surface area contributed by atoms with Crippen molar-refractivity contribution in [1.82, 2.24) is 14.7 Å². The largest absolute Gasteiger partial charge is 0.368 e. The van der Waals surface area contributed by atoms with Gasteiger partial charge in [-0.25, -0.2) is 4.39 Å². The lowest BCUT2D eigenvalue weighted by Gasteiger charge is -2.48. The Balaban J connectivity index is 0.000000357. The zero-order chi connectivity index (χ0) is 30.4. The number of likely N-dealkylation sites (tertiary alicyclic amines) is 2. The summed E-state index contributed by atoms with van der Waals surface area (Å²) in [4.78, 5) is 42.8. The van der Waals surface area contributed by atoms with Crippen molar-refractivity contribution in [3.8, 4) is 0 Å². The van der Waals surface area contributed by atoms with Gasteiger partial charge in [-0.15, -0.1) is 0 Å². The summed E-state index contributed by atoms with van der Waals surface area (Å²) in [5.74, 6) is 1.50. The van der Waals surface area contributed by atoms with Crippen LogP contribution in [0, 0.1) is 17.7 Å². The molecule has 0 saturated carbocycles. The Hall–Kier alpha value is -1.97. The van der Waals surface area contributed by atoms with Crippen LogP contribution in [-0.4, -0.2) is 88.7 Å². The second kappa shape index (κ2) is 17.9. The molecule has 2 aliphatic rings. The second-order valence-corrected chi connectivity index (χ2v) is 13.4. The van der Waals surface area contributed by atoms with Gasteiger partial charge in [0.1, 0.15) is 11.4 Å². The topological polar surface area (TPSA) is 86.9 Å². The molecular weight excluding hydrogens is 539 g/mol. The molecule has 1 aromatic rings. The van der Waals surface area contributed by atoms with Crippen molar-refractivity contribution >= 4 is 28.7 Å². The zero-order valence-corrected chi connectivity index (χ0v) is 26.8. The average molecular weight is 593 g/mol. The zero-order valence-electron chi connectivity index (χ0n) is 26.0. The van der Waals surface area contributed by atoms with E-state index in [1.54, 1.807) is 12.1 Å². The van der Waals surface area contributed by atoms with E-state index in [1.807, 2.05) is 11.8 Å². The number of thioether (sulfide) groups is 1. The summed E-state index contributed by atoms with van der Waals surface area (Å²) in [6.07, 6.45) is 6.29. The van der Waals surface area contributed by atoms with Crippen molar-refractivity contribution in [2.45, 2.75) is 85.1 Å². The summed E-state index contributed by atoms with van der Waals surface area (Å²) in [5.41, 5.74) is 5.90. The van der Waals surface area contributed by atoms with Gasteiger partial charge in [-0.05, 0) is 93.6 Å². The van der Waals surface area contributed by atoms with E-state index in [9.17, 15) is 18.8 Å². The molecular formula is C32H53FN4O3S. The molecule has 2 fully saturated rings. The number of nitrogens with two attached hydrogens (primary N) is 1. The van der Waals surface area contributed by atoms with E-state index < -0.39 is 5.54 Å². The molecule has 0 aromatic heterocycles. The highest BCUT2D eigenvalue weighted by molar-refractivity contribution is 8.13. The molecule has 2 saturated heterocycles. The lowest BCUT2D eigenvalue weighted by Crippen LogP contribution is -2.63. The van der Waals surface area contributed by atoms with Crippen LogP contribution in [-0.2, 0) is 4.79 Å². The highest BCUT2D eigenvalue weighted by Crippen LogP contribution is 2.31. The van der Waals surface area contributed by atoms with Gasteiger partial charge in [-0.2, -0.15) is 0 Å². The molecule has 3 rings (SSSR count). The monoisotopic (exact) mass is 592 g/mol. The van der Waals surface area contributed by atoms with Crippen molar-refractivity contribution in [2.24, 2.45) is 17.6 Å². The Morgan fingerprint density at radius 1 is 0.951 bits per heavy atom. The molecule has 2 amide bonds. The minimum absolute atomic E-state index is 0.0480. The van der Waals surface area contributed by atoms with Gasteiger partial charge in [0.25, 0.3) is 5.24 Å². The first kappa shape index (κ1) is 35.2. The van der Waals surface area contributed by atoms with Gasteiger partial charge in [0, 0.05) is 38.2 Å². The quantitative estimate of drug-likeness (QED) is 0.297. The smallest absolute Gasteiger partial charge is 0.281 e. The van der Waals surface area contributed by atoms with Crippen LogP contribution in [0.4, 0.5) is 9.18 Å². The summed E-state index contributed by atoms with van der Waals surface area (Å²) >= 11 is 1.41. The first-order valence-electron chi connectivity index (χ1n) is 15.5. The predicted octanol–water partition coefficient (Wildman–Crippen LogP) is 6.07. The number of nitrogens with zero attached hydrogens (tertiary/aromatic N) is 3. The first-order chi connectivity index (χ1) is 19.5. The Morgan fingerprint density at radius 2 is 1.51 bits per heavy atom. The molecule has 232 valence electrons. The summed E-state index contributed by atoms with van der Waals surface area (Å²) in [6.45, 7) is 16.8. The van der Waals surface area contributed by atoms with Crippen molar-refractivity contribution in [2.75, 3.05) is 51.6 Å². The van der Waals surface area contributed by atoms with Crippen molar-refractivity contribution in [1.29, 1.82) is 0 Å². The Morgan fingerprint density at radius 3 is 2.00 bits per heavy atom. The third-order valence-corrected chi connectivity index (χ3v) is 8.64. The Bertz CT molecular complexity index is 933. The highest BCUT2D eigenvalue weighted by atomic mass is 32.2. The van der Waals surface area contributed by atoms with Crippen LogP contribution >= 0.6 is 11.8 Å². The SMILES string of the molecule is CCSC(=O)N(CC(C)C)CC(C)C.NC(=O)C1(N2CCCCC2)CCN(CCCC(=O)c2ccc(F)cc2)CC1.